The molecule has 0 aliphatic carbocycles. The van der Waals surface area contributed by atoms with Crippen LogP contribution in [0.5, 0.6) is 11.5 Å². The maximum Gasteiger partial charge on any atom is 0.140 e. The summed E-state index contributed by atoms with van der Waals surface area (Å²) in [5.74, 6) is 1.84. The molecule has 5 aromatic rings. The van der Waals surface area contributed by atoms with E-state index in [1.54, 1.807) is 0 Å². The van der Waals surface area contributed by atoms with Crippen molar-refractivity contribution in [3.8, 4) is 22.8 Å². The van der Waals surface area contributed by atoms with E-state index in [0.717, 1.165) is 46.4 Å². The lowest BCUT2D eigenvalue weighted by molar-refractivity contribution is 0.400. The molecule has 0 amide bonds. The van der Waals surface area contributed by atoms with Crippen LogP contribution in [0, 0.1) is 10.8 Å². The van der Waals surface area contributed by atoms with Gasteiger partial charge in [0.05, 0.1) is 11.1 Å². The molecule has 0 spiro atoms. The first-order chi connectivity index (χ1) is 16.6. The Kier molecular flexibility index (Phi) is 4.73. The summed E-state index contributed by atoms with van der Waals surface area (Å²) in [6, 6.07) is 15.4. The molecule has 3 heteroatoms. The lowest BCUT2D eigenvalue weighted by Gasteiger charge is -2.28. The Morgan fingerprint density at radius 1 is 0.771 bits per heavy atom. The van der Waals surface area contributed by atoms with E-state index in [1.165, 1.54) is 32.7 Å². The van der Waals surface area contributed by atoms with Crippen molar-refractivity contribution < 1.29 is 4.74 Å². The predicted octanol–water partition coefficient (Wildman–Crippen LogP) is 8.89. The average molecular weight is 461 g/mol. The van der Waals surface area contributed by atoms with Gasteiger partial charge in [-0.15, -0.1) is 0 Å². The van der Waals surface area contributed by atoms with Crippen molar-refractivity contribution in [1.29, 1.82) is 0 Å². The fourth-order valence-electron chi connectivity index (χ4n) is 5.56. The maximum atomic E-state index is 6.86. The van der Waals surface area contributed by atoms with Gasteiger partial charge in [0, 0.05) is 35.1 Å². The average Bonchev–Trinajstić information content (AvgIpc) is 2.78. The summed E-state index contributed by atoms with van der Waals surface area (Å²) in [6.45, 7) is 13.7. The van der Waals surface area contributed by atoms with Gasteiger partial charge in [0.2, 0.25) is 0 Å². The highest BCUT2D eigenvalue weighted by molar-refractivity contribution is 6.16. The molecule has 0 unspecified atom stereocenters. The van der Waals surface area contributed by atoms with Crippen molar-refractivity contribution in [3.05, 3.63) is 72.2 Å². The van der Waals surface area contributed by atoms with E-state index < -0.39 is 0 Å². The number of ether oxygens (including phenoxy) is 1. The molecular formula is C32H32N2O. The number of aromatic nitrogens is 2. The van der Waals surface area contributed by atoms with Gasteiger partial charge in [-0.25, -0.2) is 0 Å². The first kappa shape index (κ1) is 22.0. The summed E-state index contributed by atoms with van der Waals surface area (Å²) in [5, 5.41) is 7.18. The number of nitrogens with zero attached hydrogens (tertiary/aromatic N) is 2. The van der Waals surface area contributed by atoms with Crippen LogP contribution in [0.1, 0.15) is 52.7 Å². The van der Waals surface area contributed by atoms with E-state index in [4.69, 9.17) is 9.72 Å². The Hall–Kier alpha value is -3.46. The third-order valence-corrected chi connectivity index (χ3v) is 6.85. The van der Waals surface area contributed by atoms with Crippen molar-refractivity contribution in [2.75, 3.05) is 0 Å². The molecule has 1 aliphatic heterocycles. The van der Waals surface area contributed by atoms with Crippen LogP contribution < -0.4 is 4.74 Å². The molecule has 3 aromatic carbocycles. The molecule has 6 rings (SSSR count). The van der Waals surface area contributed by atoms with Gasteiger partial charge in [0.15, 0.2) is 0 Å². The molecule has 1 aliphatic rings. The van der Waals surface area contributed by atoms with Gasteiger partial charge in [0.25, 0.3) is 0 Å². The smallest absolute Gasteiger partial charge is 0.140 e. The number of pyridine rings is 2. The molecule has 0 radical (unpaired) electrons. The molecule has 0 bridgehead atoms. The Labute approximate surface area is 207 Å². The molecule has 0 saturated heterocycles. The second kappa shape index (κ2) is 7.52. The first-order valence-electron chi connectivity index (χ1n) is 12.5. The van der Waals surface area contributed by atoms with Gasteiger partial charge in [-0.3, -0.25) is 9.97 Å². The normalized spacial score (nSPS) is 13.3. The summed E-state index contributed by atoms with van der Waals surface area (Å²) in [6.07, 6.45) is 7.70. The molecule has 0 N–H and O–H groups in total. The zero-order valence-corrected chi connectivity index (χ0v) is 21.5. The van der Waals surface area contributed by atoms with Crippen molar-refractivity contribution in [2.24, 2.45) is 10.8 Å². The molecule has 3 nitrogen and oxygen atoms in total. The Balaban J connectivity index is 1.69. The minimum absolute atomic E-state index is 0.101. The van der Waals surface area contributed by atoms with Crippen molar-refractivity contribution in [1.82, 2.24) is 9.97 Å². The summed E-state index contributed by atoms with van der Waals surface area (Å²) >= 11 is 0. The zero-order valence-electron chi connectivity index (χ0n) is 21.5. The summed E-state index contributed by atoms with van der Waals surface area (Å²) in [5.41, 5.74) is 4.96. The maximum absolute atomic E-state index is 6.86. The van der Waals surface area contributed by atoms with Gasteiger partial charge in [-0.05, 0) is 75.0 Å². The van der Waals surface area contributed by atoms with Crippen LogP contribution in [0.3, 0.4) is 0 Å². The highest BCUT2D eigenvalue weighted by atomic mass is 16.5. The highest BCUT2D eigenvalue weighted by Crippen LogP contribution is 2.51. The van der Waals surface area contributed by atoms with Crippen LogP contribution in [0.4, 0.5) is 0 Å². The van der Waals surface area contributed by atoms with E-state index in [1.807, 2.05) is 18.6 Å². The number of hydrogen-bond acceptors (Lipinski definition) is 3. The quantitative estimate of drug-likeness (QED) is 0.242. The molecular weight excluding hydrogens is 428 g/mol. The van der Waals surface area contributed by atoms with Crippen LogP contribution >= 0.6 is 0 Å². The van der Waals surface area contributed by atoms with Crippen molar-refractivity contribution >= 4 is 32.3 Å². The van der Waals surface area contributed by atoms with Crippen LogP contribution in [0.15, 0.2) is 61.1 Å². The van der Waals surface area contributed by atoms with Gasteiger partial charge >= 0.3 is 0 Å². The summed E-state index contributed by atoms with van der Waals surface area (Å²) < 4.78 is 6.86. The predicted molar refractivity (Wildman–Crippen MR) is 146 cm³/mol. The van der Waals surface area contributed by atoms with E-state index in [-0.39, 0.29) is 10.8 Å². The van der Waals surface area contributed by atoms with E-state index in [2.05, 4.69) is 89.0 Å². The van der Waals surface area contributed by atoms with E-state index >= 15 is 0 Å². The van der Waals surface area contributed by atoms with Gasteiger partial charge < -0.3 is 4.74 Å². The lowest BCUT2D eigenvalue weighted by Crippen LogP contribution is -2.12. The SMILES string of the molecule is CC(C)(C)Cc1c2c(cc3ccncc13)-c1nccc3c1c(cc1c(CC(C)(C)C)cccc13)O2. The van der Waals surface area contributed by atoms with Crippen LogP contribution in [-0.4, -0.2) is 9.97 Å². The Morgan fingerprint density at radius 3 is 2.34 bits per heavy atom. The highest BCUT2D eigenvalue weighted by Gasteiger charge is 2.29. The molecule has 2 aromatic heterocycles. The number of rotatable bonds is 2. The number of hydrogen-bond donors (Lipinski definition) is 0. The fourth-order valence-corrected chi connectivity index (χ4v) is 5.56. The van der Waals surface area contributed by atoms with Crippen LogP contribution in [0.2, 0.25) is 0 Å². The molecule has 0 atom stereocenters. The summed E-state index contributed by atoms with van der Waals surface area (Å²) in [7, 11) is 0. The number of fused-ring (bicyclic) bond motifs is 5. The Bertz CT molecular complexity index is 1630. The third-order valence-electron chi connectivity index (χ3n) is 6.85. The minimum Gasteiger partial charge on any atom is -0.456 e. The van der Waals surface area contributed by atoms with E-state index in [0.29, 0.717) is 0 Å². The lowest BCUT2D eigenvalue weighted by atomic mass is 9.83. The monoisotopic (exact) mass is 460 g/mol. The second-order valence-electron chi connectivity index (χ2n) is 12.4. The standard InChI is InChI=1S/C32H32N2O/c1-31(2,3)16-20-8-7-9-21-22-11-13-34-29-24-14-19-10-12-33-18-26(19)25(17-32(4,5)6)30(24)35-27(28(22)29)15-23(20)21/h7-15,18H,16-17H2,1-6H3. The molecule has 176 valence electrons. The molecule has 0 saturated carbocycles. The van der Waals surface area contributed by atoms with Crippen LogP contribution in [-0.2, 0) is 12.8 Å². The molecule has 35 heavy (non-hydrogen) atoms. The van der Waals surface area contributed by atoms with Crippen LogP contribution in [0.25, 0.3) is 43.6 Å². The zero-order chi connectivity index (χ0) is 24.5. The summed E-state index contributed by atoms with van der Waals surface area (Å²) in [4.78, 5) is 9.37. The first-order valence-corrected chi connectivity index (χ1v) is 12.5. The fraction of sp³-hybridized carbons (Fsp3) is 0.312. The number of benzene rings is 3. The van der Waals surface area contributed by atoms with Gasteiger partial charge in [-0.2, -0.15) is 0 Å². The Morgan fingerprint density at radius 2 is 1.57 bits per heavy atom. The second-order valence-corrected chi connectivity index (χ2v) is 12.4. The van der Waals surface area contributed by atoms with Crippen molar-refractivity contribution in [2.45, 2.75) is 54.4 Å². The third kappa shape index (κ3) is 3.74. The minimum atomic E-state index is 0.101. The largest absolute Gasteiger partial charge is 0.456 e. The van der Waals surface area contributed by atoms with Gasteiger partial charge in [0.1, 0.15) is 11.5 Å². The van der Waals surface area contributed by atoms with E-state index in [9.17, 15) is 0 Å². The van der Waals surface area contributed by atoms with Crippen molar-refractivity contribution in [3.63, 3.8) is 0 Å². The molecule has 3 heterocycles. The van der Waals surface area contributed by atoms with Gasteiger partial charge in [-0.1, -0.05) is 59.7 Å². The topological polar surface area (TPSA) is 35.0 Å². The molecule has 0 fully saturated rings.